The Balaban J connectivity index is 1.69. The second-order valence-electron chi connectivity index (χ2n) is 5.99. The second-order valence-corrected chi connectivity index (χ2v) is 6.81. The smallest absolute Gasteiger partial charge is 0.242 e. The molecule has 1 aliphatic rings. The van der Waals surface area contributed by atoms with E-state index < -0.39 is 0 Å². The van der Waals surface area contributed by atoms with E-state index in [-0.39, 0.29) is 12.5 Å². The summed E-state index contributed by atoms with van der Waals surface area (Å²) >= 11 is 12.3. The van der Waals surface area contributed by atoms with Crippen molar-refractivity contribution in [2.45, 2.75) is 13.0 Å². The maximum atomic E-state index is 12.6. The molecule has 5 nitrogen and oxygen atoms in total. The molecule has 2 aromatic rings. The Labute approximate surface area is 162 Å². The van der Waals surface area contributed by atoms with Gasteiger partial charge in [0.05, 0.1) is 36.5 Å². The number of amides is 1. The van der Waals surface area contributed by atoms with Gasteiger partial charge in [0.15, 0.2) is 11.5 Å². The molecule has 0 unspecified atom stereocenters. The zero-order valence-electron chi connectivity index (χ0n) is 14.6. The highest BCUT2D eigenvalue weighted by molar-refractivity contribution is 6.39. The number of halogens is 2. The molecule has 0 saturated carbocycles. The Morgan fingerprint density at radius 3 is 2.35 bits per heavy atom. The largest absolute Gasteiger partial charge is 0.493 e. The molecule has 1 aliphatic heterocycles. The zero-order chi connectivity index (χ0) is 18.7. The van der Waals surface area contributed by atoms with Gasteiger partial charge in [0, 0.05) is 13.1 Å². The molecule has 26 heavy (non-hydrogen) atoms. The number of methoxy groups -OCH3 is 2. The maximum Gasteiger partial charge on any atom is 0.242 e. The lowest BCUT2D eigenvalue weighted by Crippen LogP contribution is -2.39. The first kappa shape index (κ1) is 18.7. The van der Waals surface area contributed by atoms with Crippen LogP contribution in [-0.4, -0.2) is 38.1 Å². The van der Waals surface area contributed by atoms with Gasteiger partial charge < -0.3 is 19.7 Å². The Hall–Kier alpha value is -2.11. The summed E-state index contributed by atoms with van der Waals surface area (Å²) in [5.41, 5.74) is 2.82. The molecule has 7 heteroatoms. The molecular formula is C19H20Cl2N2O3. The number of para-hydroxylation sites is 1. The number of carbonyl (C=O) groups is 1. The van der Waals surface area contributed by atoms with E-state index in [0.717, 1.165) is 12.0 Å². The van der Waals surface area contributed by atoms with E-state index in [1.165, 1.54) is 5.56 Å². The zero-order valence-corrected chi connectivity index (χ0v) is 16.2. The van der Waals surface area contributed by atoms with Crippen LogP contribution in [0.15, 0.2) is 30.3 Å². The molecule has 0 aliphatic carbocycles. The minimum absolute atomic E-state index is 0.0126. The molecule has 0 saturated heterocycles. The predicted molar refractivity (Wildman–Crippen MR) is 104 cm³/mol. The van der Waals surface area contributed by atoms with Crippen molar-refractivity contribution in [2.75, 3.05) is 32.6 Å². The maximum absolute atomic E-state index is 12.6. The van der Waals surface area contributed by atoms with E-state index in [1.54, 1.807) is 32.4 Å². The van der Waals surface area contributed by atoms with Crippen molar-refractivity contribution in [1.82, 2.24) is 4.90 Å². The van der Waals surface area contributed by atoms with Crippen LogP contribution in [0, 0.1) is 0 Å². The summed E-state index contributed by atoms with van der Waals surface area (Å²) in [7, 11) is 3.22. The molecule has 1 N–H and O–H groups in total. The first-order chi connectivity index (χ1) is 12.5. The minimum atomic E-state index is -0.0126. The fourth-order valence-corrected chi connectivity index (χ4v) is 3.57. The fraction of sp³-hybridized carbons (Fsp3) is 0.316. The summed E-state index contributed by atoms with van der Waals surface area (Å²) in [4.78, 5) is 14.4. The van der Waals surface area contributed by atoms with Crippen molar-refractivity contribution in [3.8, 4) is 11.5 Å². The highest BCUT2D eigenvalue weighted by atomic mass is 35.5. The number of nitrogens with one attached hydrogen (secondary N) is 1. The number of hydrogen-bond acceptors (Lipinski definition) is 4. The number of anilines is 1. The third-order valence-electron chi connectivity index (χ3n) is 4.45. The van der Waals surface area contributed by atoms with Gasteiger partial charge in [-0.3, -0.25) is 4.79 Å². The number of carbonyl (C=O) groups excluding carboxylic acids is 1. The third kappa shape index (κ3) is 3.84. The first-order valence-electron chi connectivity index (χ1n) is 8.23. The molecule has 2 aromatic carbocycles. The Kier molecular flexibility index (Phi) is 5.79. The monoisotopic (exact) mass is 394 g/mol. The molecule has 0 aromatic heterocycles. The van der Waals surface area contributed by atoms with Crippen molar-refractivity contribution in [2.24, 2.45) is 0 Å². The number of ether oxygens (including phenoxy) is 2. The SMILES string of the molecule is COc1cc2c(cc1OC)CN(C(=O)CNc1c(Cl)cccc1Cl)CC2. The van der Waals surface area contributed by atoms with Crippen LogP contribution in [0.25, 0.3) is 0 Å². The van der Waals surface area contributed by atoms with Crippen molar-refractivity contribution in [3.63, 3.8) is 0 Å². The van der Waals surface area contributed by atoms with Gasteiger partial charge in [0.25, 0.3) is 0 Å². The fourth-order valence-electron chi connectivity index (χ4n) is 3.04. The molecule has 0 fully saturated rings. The van der Waals surface area contributed by atoms with E-state index in [4.69, 9.17) is 32.7 Å². The standard InChI is InChI=1S/C19H20Cl2N2O3/c1-25-16-8-12-6-7-23(11-13(12)9-17(16)26-2)18(24)10-22-19-14(20)4-3-5-15(19)21/h3-5,8-9,22H,6-7,10-11H2,1-2H3. The number of nitrogens with zero attached hydrogens (tertiary/aromatic N) is 1. The van der Waals surface area contributed by atoms with Crippen molar-refractivity contribution >= 4 is 34.8 Å². The van der Waals surface area contributed by atoms with Crippen LogP contribution >= 0.6 is 23.2 Å². The number of benzene rings is 2. The van der Waals surface area contributed by atoms with Gasteiger partial charge in [0.1, 0.15) is 0 Å². The average molecular weight is 395 g/mol. The third-order valence-corrected chi connectivity index (χ3v) is 5.08. The van der Waals surface area contributed by atoms with Crippen molar-refractivity contribution in [1.29, 1.82) is 0 Å². The summed E-state index contributed by atoms with van der Waals surface area (Å²) in [6.45, 7) is 1.32. The summed E-state index contributed by atoms with van der Waals surface area (Å²) < 4.78 is 10.7. The molecule has 0 atom stereocenters. The Morgan fingerprint density at radius 2 is 1.73 bits per heavy atom. The molecule has 0 bridgehead atoms. The van der Waals surface area contributed by atoms with E-state index in [2.05, 4.69) is 5.32 Å². The van der Waals surface area contributed by atoms with Crippen LogP contribution in [0.5, 0.6) is 11.5 Å². The van der Waals surface area contributed by atoms with Gasteiger partial charge in [-0.1, -0.05) is 29.3 Å². The van der Waals surface area contributed by atoms with Gasteiger partial charge in [-0.25, -0.2) is 0 Å². The Bertz CT molecular complexity index is 806. The van der Waals surface area contributed by atoms with Crippen LogP contribution in [0.3, 0.4) is 0 Å². The number of fused-ring (bicyclic) bond motifs is 1. The Morgan fingerprint density at radius 1 is 1.12 bits per heavy atom. The van der Waals surface area contributed by atoms with E-state index >= 15 is 0 Å². The van der Waals surface area contributed by atoms with Gasteiger partial charge in [-0.2, -0.15) is 0 Å². The number of hydrogen-bond donors (Lipinski definition) is 1. The van der Waals surface area contributed by atoms with Crippen LogP contribution in [-0.2, 0) is 17.8 Å². The minimum Gasteiger partial charge on any atom is -0.493 e. The molecule has 0 spiro atoms. The summed E-state index contributed by atoms with van der Waals surface area (Å²) in [5, 5.41) is 4.03. The van der Waals surface area contributed by atoms with Gasteiger partial charge in [-0.05, 0) is 41.8 Å². The average Bonchev–Trinajstić information content (AvgIpc) is 2.65. The molecule has 1 amide bonds. The van der Waals surface area contributed by atoms with Crippen LogP contribution in [0.2, 0.25) is 10.0 Å². The molecule has 0 radical (unpaired) electrons. The first-order valence-corrected chi connectivity index (χ1v) is 8.98. The van der Waals surface area contributed by atoms with Gasteiger partial charge >= 0.3 is 0 Å². The van der Waals surface area contributed by atoms with Crippen LogP contribution < -0.4 is 14.8 Å². The van der Waals surface area contributed by atoms with Crippen molar-refractivity contribution in [3.05, 3.63) is 51.5 Å². The summed E-state index contributed by atoms with van der Waals surface area (Å²) in [5.74, 6) is 1.36. The lowest BCUT2D eigenvalue weighted by molar-refractivity contribution is -0.130. The van der Waals surface area contributed by atoms with E-state index in [0.29, 0.717) is 40.3 Å². The summed E-state index contributed by atoms with van der Waals surface area (Å²) in [6, 6.07) is 9.15. The molecule has 3 rings (SSSR count). The van der Waals surface area contributed by atoms with Crippen LogP contribution in [0.1, 0.15) is 11.1 Å². The second kappa shape index (κ2) is 8.06. The van der Waals surface area contributed by atoms with E-state index in [1.807, 2.05) is 17.0 Å². The number of rotatable bonds is 5. The van der Waals surface area contributed by atoms with E-state index in [9.17, 15) is 4.79 Å². The molecular weight excluding hydrogens is 375 g/mol. The predicted octanol–water partition coefficient (Wildman–Crippen LogP) is 4.01. The summed E-state index contributed by atoms with van der Waals surface area (Å²) in [6.07, 6.45) is 0.772. The molecule has 138 valence electrons. The van der Waals surface area contributed by atoms with Crippen LogP contribution in [0.4, 0.5) is 5.69 Å². The van der Waals surface area contributed by atoms with Gasteiger partial charge in [0.2, 0.25) is 5.91 Å². The van der Waals surface area contributed by atoms with Gasteiger partial charge in [-0.15, -0.1) is 0 Å². The topological polar surface area (TPSA) is 50.8 Å². The quantitative estimate of drug-likeness (QED) is 0.832. The molecule has 1 heterocycles. The highest BCUT2D eigenvalue weighted by Gasteiger charge is 2.23. The normalized spacial score (nSPS) is 13.2. The van der Waals surface area contributed by atoms with Crippen molar-refractivity contribution < 1.29 is 14.3 Å². The highest BCUT2D eigenvalue weighted by Crippen LogP contribution is 2.33. The lowest BCUT2D eigenvalue weighted by Gasteiger charge is -2.30. The lowest BCUT2D eigenvalue weighted by atomic mass is 9.98.